The van der Waals surface area contributed by atoms with E-state index in [1.807, 2.05) is 6.92 Å². The number of aryl methyl sites for hydroxylation is 1. The fourth-order valence-corrected chi connectivity index (χ4v) is 2.20. The molecule has 2 heterocycles. The molecule has 2 rings (SSSR count). The molecule has 0 bridgehead atoms. The average molecular weight is 281 g/mol. The van der Waals surface area contributed by atoms with Crippen LogP contribution in [0, 0.1) is 6.92 Å². The molecule has 1 aromatic rings. The highest BCUT2D eigenvalue weighted by Crippen LogP contribution is 2.23. The molecule has 7 nitrogen and oxygen atoms in total. The van der Waals surface area contributed by atoms with Crippen molar-refractivity contribution in [3.8, 4) is 0 Å². The number of anilines is 2. The Balaban J connectivity index is 2.14. The van der Waals surface area contributed by atoms with Gasteiger partial charge in [-0.2, -0.15) is 0 Å². The summed E-state index contributed by atoms with van der Waals surface area (Å²) in [5.41, 5.74) is 2.62. The van der Waals surface area contributed by atoms with Gasteiger partial charge in [0, 0.05) is 31.6 Å². The summed E-state index contributed by atoms with van der Waals surface area (Å²) in [6.45, 7) is 5.32. The molecule has 7 heteroatoms. The van der Waals surface area contributed by atoms with Crippen molar-refractivity contribution in [3.05, 3.63) is 11.4 Å². The third-order valence-corrected chi connectivity index (χ3v) is 3.47. The highest BCUT2D eigenvalue weighted by molar-refractivity contribution is 5.56. The summed E-state index contributed by atoms with van der Waals surface area (Å²) in [4.78, 5) is 8.86. The Kier molecular flexibility index (Phi) is 4.74. The fraction of sp³-hybridized carbons (Fsp3) is 0.692. The molecular weight excluding hydrogens is 258 g/mol. The smallest absolute Gasteiger partial charge is 0.148 e. The second-order valence-corrected chi connectivity index (χ2v) is 5.24. The molecule has 1 fully saturated rings. The first-order valence-corrected chi connectivity index (χ1v) is 6.96. The quantitative estimate of drug-likeness (QED) is 0.446. The first kappa shape index (κ1) is 15.0. The zero-order valence-corrected chi connectivity index (χ0v) is 12.1. The standard InChI is InChI=1S/C13H23N5O2/c1-3-4-10-16-11(9(2)12(17-10)18-14)15-7-13(19)5-6-20-8-13/h19H,3-8,14H2,1-2H3,(H2,15,16,17,18). The lowest BCUT2D eigenvalue weighted by molar-refractivity contribution is 0.0381. The zero-order valence-electron chi connectivity index (χ0n) is 12.1. The zero-order chi connectivity index (χ0) is 14.6. The monoisotopic (exact) mass is 281 g/mol. The first-order valence-electron chi connectivity index (χ1n) is 6.96. The van der Waals surface area contributed by atoms with Gasteiger partial charge >= 0.3 is 0 Å². The van der Waals surface area contributed by atoms with Crippen molar-refractivity contribution in [1.29, 1.82) is 0 Å². The minimum Gasteiger partial charge on any atom is -0.386 e. The van der Waals surface area contributed by atoms with Crippen LogP contribution in [0.3, 0.4) is 0 Å². The number of aromatic nitrogens is 2. The molecular formula is C13H23N5O2. The fourth-order valence-electron chi connectivity index (χ4n) is 2.20. The summed E-state index contributed by atoms with van der Waals surface area (Å²) >= 11 is 0. The number of hydrogen-bond acceptors (Lipinski definition) is 7. The van der Waals surface area contributed by atoms with Crippen LogP contribution >= 0.6 is 0 Å². The number of hydrogen-bond donors (Lipinski definition) is 4. The maximum absolute atomic E-state index is 10.3. The second-order valence-electron chi connectivity index (χ2n) is 5.24. The third kappa shape index (κ3) is 3.36. The van der Waals surface area contributed by atoms with E-state index in [9.17, 15) is 5.11 Å². The van der Waals surface area contributed by atoms with Gasteiger partial charge in [0.1, 0.15) is 23.1 Å². The van der Waals surface area contributed by atoms with Gasteiger partial charge in [0.05, 0.1) is 6.61 Å². The van der Waals surface area contributed by atoms with Gasteiger partial charge in [-0.1, -0.05) is 6.92 Å². The van der Waals surface area contributed by atoms with Gasteiger partial charge in [0.2, 0.25) is 0 Å². The Labute approximate surface area is 118 Å². The van der Waals surface area contributed by atoms with Gasteiger partial charge in [-0.05, 0) is 13.3 Å². The molecule has 0 radical (unpaired) electrons. The Hall–Kier alpha value is -1.44. The summed E-state index contributed by atoms with van der Waals surface area (Å²) in [5.74, 6) is 7.55. The summed E-state index contributed by atoms with van der Waals surface area (Å²) < 4.78 is 5.23. The molecule has 0 aliphatic carbocycles. The van der Waals surface area contributed by atoms with Gasteiger partial charge in [-0.15, -0.1) is 0 Å². The lowest BCUT2D eigenvalue weighted by Gasteiger charge is -2.22. The van der Waals surface area contributed by atoms with Crippen LogP contribution in [-0.4, -0.2) is 40.4 Å². The van der Waals surface area contributed by atoms with E-state index < -0.39 is 5.60 Å². The van der Waals surface area contributed by atoms with E-state index in [4.69, 9.17) is 10.6 Å². The number of aliphatic hydroxyl groups is 1. The SMILES string of the molecule is CCCc1nc(NN)c(C)c(NCC2(O)CCOC2)n1. The van der Waals surface area contributed by atoms with E-state index in [-0.39, 0.29) is 0 Å². The van der Waals surface area contributed by atoms with E-state index in [1.54, 1.807) is 0 Å². The predicted molar refractivity (Wildman–Crippen MR) is 77.4 cm³/mol. The van der Waals surface area contributed by atoms with Crippen molar-refractivity contribution in [2.75, 3.05) is 30.5 Å². The maximum Gasteiger partial charge on any atom is 0.148 e. The number of rotatable bonds is 6. The largest absolute Gasteiger partial charge is 0.386 e. The number of nitrogens with two attached hydrogens (primary N) is 1. The Morgan fingerprint density at radius 2 is 2.15 bits per heavy atom. The summed E-state index contributed by atoms with van der Waals surface area (Å²) in [6, 6.07) is 0. The van der Waals surface area contributed by atoms with E-state index >= 15 is 0 Å². The van der Waals surface area contributed by atoms with Gasteiger partial charge in [-0.25, -0.2) is 15.8 Å². The number of nitrogens with one attached hydrogen (secondary N) is 2. The molecule has 20 heavy (non-hydrogen) atoms. The van der Waals surface area contributed by atoms with Crippen molar-refractivity contribution < 1.29 is 9.84 Å². The van der Waals surface area contributed by atoms with E-state index in [0.29, 0.717) is 37.8 Å². The molecule has 0 aromatic carbocycles. The topological polar surface area (TPSA) is 105 Å². The number of nitrogen functional groups attached to an aromatic ring is 1. The lowest BCUT2D eigenvalue weighted by Crippen LogP contribution is -2.37. The van der Waals surface area contributed by atoms with Crippen LogP contribution in [0.5, 0.6) is 0 Å². The minimum atomic E-state index is -0.821. The summed E-state index contributed by atoms with van der Waals surface area (Å²) in [7, 11) is 0. The third-order valence-electron chi connectivity index (χ3n) is 3.47. The Morgan fingerprint density at radius 1 is 1.40 bits per heavy atom. The second kappa shape index (κ2) is 6.34. The normalized spacial score (nSPS) is 22.0. The average Bonchev–Trinajstić information content (AvgIpc) is 2.86. The molecule has 0 spiro atoms. The Morgan fingerprint density at radius 3 is 2.75 bits per heavy atom. The highest BCUT2D eigenvalue weighted by atomic mass is 16.5. The van der Waals surface area contributed by atoms with Gasteiger partial charge in [0.25, 0.3) is 0 Å². The molecule has 1 atom stereocenters. The van der Waals surface area contributed by atoms with Crippen LogP contribution in [0.25, 0.3) is 0 Å². The first-order chi connectivity index (χ1) is 9.58. The van der Waals surface area contributed by atoms with Crippen molar-refractivity contribution in [3.63, 3.8) is 0 Å². The lowest BCUT2D eigenvalue weighted by atomic mass is 10.0. The molecule has 1 unspecified atom stereocenters. The van der Waals surface area contributed by atoms with Crippen LogP contribution in [-0.2, 0) is 11.2 Å². The van der Waals surface area contributed by atoms with Gasteiger partial charge in [-0.3, -0.25) is 0 Å². The molecule has 0 saturated carbocycles. The molecule has 0 amide bonds. The van der Waals surface area contributed by atoms with Crippen LogP contribution in [0.4, 0.5) is 11.6 Å². The molecule has 1 saturated heterocycles. The molecule has 112 valence electrons. The van der Waals surface area contributed by atoms with Crippen LogP contribution in [0.2, 0.25) is 0 Å². The van der Waals surface area contributed by atoms with Crippen molar-refractivity contribution in [2.45, 2.75) is 38.7 Å². The van der Waals surface area contributed by atoms with E-state index in [0.717, 1.165) is 24.2 Å². The Bertz CT molecular complexity index is 460. The van der Waals surface area contributed by atoms with Crippen LogP contribution in [0.1, 0.15) is 31.2 Å². The predicted octanol–water partition coefficient (Wildman–Crippen LogP) is 0.586. The molecule has 5 N–H and O–H groups in total. The van der Waals surface area contributed by atoms with E-state index in [1.165, 1.54) is 0 Å². The van der Waals surface area contributed by atoms with Crippen LogP contribution < -0.4 is 16.6 Å². The van der Waals surface area contributed by atoms with Gasteiger partial charge in [0.15, 0.2) is 0 Å². The maximum atomic E-state index is 10.3. The minimum absolute atomic E-state index is 0.355. The van der Waals surface area contributed by atoms with E-state index in [2.05, 4.69) is 27.6 Å². The number of ether oxygens (including phenoxy) is 1. The van der Waals surface area contributed by atoms with Gasteiger partial charge < -0.3 is 20.6 Å². The van der Waals surface area contributed by atoms with Crippen LogP contribution in [0.15, 0.2) is 0 Å². The summed E-state index contributed by atoms with van der Waals surface area (Å²) in [6.07, 6.45) is 2.38. The molecule has 1 aliphatic heterocycles. The molecule has 1 aliphatic rings. The van der Waals surface area contributed by atoms with Crippen molar-refractivity contribution in [2.24, 2.45) is 5.84 Å². The molecule has 1 aromatic heterocycles. The summed E-state index contributed by atoms with van der Waals surface area (Å²) in [5, 5.41) is 13.5. The van der Waals surface area contributed by atoms with Crippen molar-refractivity contribution >= 4 is 11.6 Å². The number of nitrogens with zero attached hydrogens (tertiary/aromatic N) is 2. The van der Waals surface area contributed by atoms with Crippen molar-refractivity contribution in [1.82, 2.24) is 9.97 Å². The highest BCUT2D eigenvalue weighted by Gasteiger charge is 2.32. The number of hydrazine groups is 1.